The zero-order valence-electron chi connectivity index (χ0n) is 10.3. The predicted octanol–water partition coefficient (Wildman–Crippen LogP) is 1.14. The third kappa shape index (κ3) is 4.10. The summed E-state index contributed by atoms with van der Waals surface area (Å²) in [6.45, 7) is 2.33. The van der Waals surface area contributed by atoms with Gasteiger partial charge in [-0.3, -0.25) is 4.79 Å². The quantitative estimate of drug-likeness (QED) is 0.665. The van der Waals surface area contributed by atoms with Crippen molar-refractivity contribution in [2.24, 2.45) is 5.73 Å². The van der Waals surface area contributed by atoms with Crippen LogP contribution in [0.25, 0.3) is 0 Å². The van der Waals surface area contributed by atoms with Crippen LogP contribution in [0.15, 0.2) is 0 Å². The molecule has 1 aliphatic rings. The lowest BCUT2D eigenvalue weighted by atomic mass is 10.1. The molecule has 4 heteroatoms. The summed E-state index contributed by atoms with van der Waals surface area (Å²) in [6.07, 6.45) is 5.82. The number of ether oxygens (including phenoxy) is 1. The second-order valence-electron chi connectivity index (χ2n) is 4.41. The van der Waals surface area contributed by atoms with E-state index in [-0.39, 0.29) is 5.91 Å². The van der Waals surface area contributed by atoms with Crippen molar-refractivity contribution in [3.05, 3.63) is 0 Å². The van der Waals surface area contributed by atoms with Crippen molar-refractivity contribution in [3.8, 4) is 0 Å². The molecule has 0 aliphatic carbocycles. The van der Waals surface area contributed by atoms with Gasteiger partial charge in [-0.25, -0.2) is 0 Å². The first-order chi connectivity index (χ1) is 7.79. The fraction of sp³-hybridized carbons (Fsp3) is 0.917. The first-order valence-corrected chi connectivity index (χ1v) is 6.28. The lowest BCUT2D eigenvalue weighted by Crippen LogP contribution is -2.35. The fourth-order valence-corrected chi connectivity index (χ4v) is 2.33. The Morgan fingerprint density at radius 3 is 3.00 bits per heavy atom. The van der Waals surface area contributed by atoms with Gasteiger partial charge in [-0.2, -0.15) is 0 Å². The van der Waals surface area contributed by atoms with Crippen LogP contribution in [0, 0.1) is 0 Å². The molecular weight excluding hydrogens is 204 g/mol. The summed E-state index contributed by atoms with van der Waals surface area (Å²) in [4.78, 5) is 14.0. The van der Waals surface area contributed by atoms with Crippen LogP contribution in [0.1, 0.15) is 38.5 Å². The minimum atomic E-state index is 0.288. The van der Waals surface area contributed by atoms with Crippen LogP contribution in [0.3, 0.4) is 0 Å². The Labute approximate surface area is 98.1 Å². The van der Waals surface area contributed by atoms with E-state index >= 15 is 0 Å². The molecule has 1 atom stereocenters. The predicted molar refractivity (Wildman–Crippen MR) is 64.1 cm³/mol. The standard InChI is InChI=1S/C12H24N2O2/c1-16-10-4-7-12(15)14-9-3-6-11(14)5-2-8-13/h11H,2-10,13H2,1H3. The molecule has 4 nitrogen and oxygen atoms in total. The second kappa shape index (κ2) is 7.63. The number of amides is 1. The second-order valence-corrected chi connectivity index (χ2v) is 4.41. The first-order valence-electron chi connectivity index (χ1n) is 6.28. The smallest absolute Gasteiger partial charge is 0.222 e. The molecule has 0 radical (unpaired) electrons. The van der Waals surface area contributed by atoms with E-state index in [0.29, 0.717) is 19.1 Å². The Morgan fingerprint density at radius 2 is 2.31 bits per heavy atom. The maximum atomic E-state index is 11.9. The number of hydrogen-bond donors (Lipinski definition) is 1. The van der Waals surface area contributed by atoms with E-state index in [4.69, 9.17) is 10.5 Å². The number of hydrogen-bond acceptors (Lipinski definition) is 3. The molecule has 0 aromatic heterocycles. The fourth-order valence-electron chi connectivity index (χ4n) is 2.33. The van der Waals surface area contributed by atoms with E-state index < -0.39 is 0 Å². The summed E-state index contributed by atoms with van der Waals surface area (Å²) in [5.41, 5.74) is 5.51. The highest BCUT2D eigenvalue weighted by Gasteiger charge is 2.27. The van der Waals surface area contributed by atoms with E-state index in [1.54, 1.807) is 7.11 Å². The van der Waals surface area contributed by atoms with Gasteiger partial charge in [-0.05, 0) is 38.6 Å². The minimum Gasteiger partial charge on any atom is -0.385 e. The van der Waals surface area contributed by atoms with E-state index in [9.17, 15) is 4.79 Å². The van der Waals surface area contributed by atoms with Gasteiger partial charge >= 0.3 is 0 Å². The van der Waals surface area contributed by atoms with Crippen LogP contribution < -0.4 is 5.73 Å². The zero-order chi connectivity index (χ0) is 11.8. The van der Waals surface area contributed by atoms with Crippen LogP contribution in [0.2, 0.25) is 0 Å². The van der Waals surface area contributed by atoms with Gasteiger partial charge in [0.2, 0.25) is 5.91 Å². The minimum absolute atomic E-state index is 0.288. The van der Waals surface area contributed by atoms with Crippen molar-refractivity contribution in [1.82, 2.24) is 4.90 Å². The number of methoxy groups -OCH3 is 1. The van der Waals surface area contributed by atoms with Crippen LogP contribution in [-0.2, 0) is 9.53 Å². The van der Waals surface area contributed by atoms with Gasteiger partial charge < -0.3 is 15.4 Å². The van der Waals surface area contributed by atoms with Crippen molar-refractivity contribution in [3.63, 3.8) is 0 Å². The maximum absolute atomic E-state index is 11.9. The third-order valence-electron chi connectivity index (χ3n) is 3.18. The summed E-state index contributed by atoms with van der Waals surface area (Å²) < 4.78 is 4.96. The number of rotatable bonds is 7. The third-order valence-corrected chi connectivity index (χ3v) is 3.18. The monoisotopic (exact) mass is 228 g/mol. The van der Waals surface area contributed by atoms with Crippen molar-refractivity contribution < 1.29 is 9.53 Å². The highest BCUT2D eigenvalue weighted by Crippen LogP contribution is 2.22. The largest absolute Gasteiger partial charge is 0.385 e. The summed E-state index contributed by atoms with van der Waals surface area (Å²) in [7, 11) is 1.67. The number of carbonyl (C=O) groups is 1. The van der Waals surface area contributed by atoms with Crippen LogP contribution in [0.4, 0.5) is 0 Å². The van der Waals surface area contributed by atoms with E-state index in [1.165, 1.54) is 0 Å². The summed E-state index contributed by atoms with van der Waals surface area (Å²) in [6, 6.07) is 0.443. The molecule has 94 valence electrons. The van der Waals surface area contributed by atoms with Crippen LogP contribution in [-0.4, -0.2) is 43.7 Å². The molecule has 1 heterocycles. The number of likely N-dealkylation sites (tertiary alicyclic amines) is 1. The molecule has 1 fully saturated rings. The van der Waals surface area contributed by atoms with E-state index in [2.05, 4.69) is 0 Å². The lowest BCUT2D eigenvalue weighted by Gasteiger charge is -2.24. The SMILES string of the molecule is COCCCC(=O)N1CCCC1CCCN. The van der Waals surface area contributed by atoms with Crippen LogP contribution in [0.5, 0.6) is 0 Å². The molecule has 1 amide bonds. The van der Waals surface area contributed by atoms with Gasteiger partial charge in [0.25, 0.3) is 0 Å². The van der Waals surface area contributed by atoms with Crippen LogP contribution >= 0.6 is 0 Å². The molecule has 0 aromatic carbocycles. The maximum Gasteiger partial charge on any atom is 0.222 e. The number of nitrogens with zero attached hydrogens (tertiary/aromatic N) is 1. The van der Waals surface area contributed by atoms with Gasteiger partial charge in [0.15, 0.2) is 0 Å². The average molecular weight is 228 g/mol. The molecule has 0 spiro atoms. The van der Waals surface area contributed by atoms with Crippen molar-refractivity contribution >= 4 is 5.91 Å². The van der Waals surface area contributed by atoms with E-state index in [1.807, 2.05) is 4.90 Å². The topological polar surface area (TPSA) is 55.6 Å². The summed E-state index contributed by atoms with van der Waals surface area (Å²) in [5, 5.41) is 0. The Morgan fingerprint density at radius 1 is 1.50 bits per heavy atom. The highest BCUT2D eigenvalue weighted by molar-refractivity contribution is 5.76. The number of carbonyl (C=O) groups excluding carboxylic acids is 1. The Bertz CT molecular complexity index is 209. The molecule has 1 rings (SSSR count). The van der Waals surface area contributed by atoms with Gasteiger partial charge in [-0.1, -0.05) is 0 Å². The van der Waals surface area contributed by atoms with Crippen molar-refractivity contribution in [2.45, 2.75) is 44.6 Å². The van der Waals surface area contributed by atoms with Gasteiger partial charge in [-0.15, -0.1) is 0 Å². The lowest BCUT2D eigenvalue weighted by molar-refractivity contribution is -0.132. The highest BCUT2D eigenvalue weighted by atomic mass is 16.5. The van der Waals surface area contributed by atoms with Gasteiger partial charge in [0.1, 0.15) is 0 Å². The summed E-state index contributed by atoms with van der Waals surface area (Å²) >= 11 is 0. The average Bonchev–Trinajstić information content (AvgIpc) is 2.74. The molecule has 16 heavy (non-hydrogen) atoms. The van der Waals surface area contributed by atoms with Gasteiger partial charge in [0, 0.05) is 32.7 Å². The molecule has 2 N–H and O–H groups in total. The van der Waals surface area contributed by atoms with Gasteiger partial charge in [0.05, 0.1) is 0 Å². The Hall–Kier alpha value is -0.610. The molecule has 1 saturated heterocycles. The molecule has 0 aromatic rings. The van der Waals surface area contributed by atoms with E-state index in [0.717, 1.165) is 45.2 Å². The summed E-state index contributed by atoms with van der Waals surface area (Å²) in [5.74, 6) is 0.288. The zero-order valence-corrected chi connectivity index (χ0v) is 10.3. The molecule has 1 unspecified atom stereocenters. The molecular formula is C12H24N2O2. The first kappa shape index (κ1) is 13.5. The molecule has 0 bridgehead atoms. The Kier molecular flexibility index (Phi) is 6.42. The van der Waals surface area contributed by atoms with Crippen molar-refractivity contribution in [2.75, 3.05) is 26.8 Å². The molecule has 1 aliphatic heterocycles. The Balaban J connectivity index is 2.29. The molecule has 0 saturated carbocycles. The van der Waals surface area contributed by atoms with Crippen molar-refractivity contribution in [1.29, 1.82) is 0 Å². The number of nitrogens with two attached hydrogens (primary N) is 1. The normalized spacial score (nSPS) is 20.4.